The van der Waals surface area contributed by atoms with Gasteiger partial charge in [-0.1, -0.05) is 35.0 Å². The Kier molecular flexibility index (Phi) is 4.60. The fourth-order valence-corrected chi connectivity index (χ4v) is 3.52. The van der Waals surface area contributed by atoms with Gasteiger partial charge in [0.25, 0.3) is 5.91 Å². The summed E-state index contributed by atoms with van der Waals surface area (Å²) in [7, 11) is 0. The van der Waals surface area contributed by atoms with Crippen molar-refractivity contribution in [1.82, 2.24) is 0 Å². The summed E-state index contributed by atoms with van der Waals surface area (Å²) in [5, 5.41) is 4.36. The molecule has 0 radical (unpaired) electrons. The van der Waals surface area contributed by atoms with E-state index in [1.54, 1.807) is 31.2 Å². The quantitative estimate of drug-likeness (QED) is 0.584. The van der Waals surface area contributed by atoms with Gasteiger partial charge in [0, 0.05) is 10.6 Å². The molecule has 1 fully saturated rings. The molecule has 2 aromatic rings. The normalized spacial score (nSPS) is 20.6. The number of imide groups is 1. The van der Waals surface area contributed by atoms with Crippen molar-refractivity contribution >= 4 is 40.8 Å². The number of benzene rings is 2. The molecule has 0 aliphatic carbocycles. The van der Waals surface area contributed by atoms with E-state index in [0.717, 1.165) is 4.90 Å². The van der Waals surface area contributed by atoms with Crippen molar-refractivity contribution in [2.24, 2.45) is 11.1 Å². The lowest BCUT2D eigenvalue weighted by atomic mass is 9.94. The number of halogens is 1. The lowest BCUT2D eigenvalue weighted by Gasteiger charge is -2.16. The van der Waals surface area contributed by atoms with Crippen molar-refractivity contribution in [3.63, 3.8) is 0 Å². The molecule has 2 aliphatic rings. The SMILES string of the molecule is CCOC(=O)c1ccc(N2C(=O)[C@H]3C(c4ccccc4Cl)=NO[C@H]3C2=O)cc1. The number of anilines is 1. The minimum Gasteiger partial charge on any atom is -0.462 e. The van der Waals surface area contributed by atoms with E-state index in [1.165, 1.54) is 24.3 Å². The number of hydrogen-bond acceptors (Lipinski definition) is 6. The van der Waals surface area contributed by atoms with Gasteiger partial charge >= 0.3 is 5.97 Å². The van der Waals surface area contributed by atoms with Gasteiger partial charge in [0.05, 0.1) is 17.9 Å². The summed E-state index contributed by atoms with van der Waals surface area (Å²) in [4.78, 5) is 43.9. The van der Waals surface area contributed by atoms with Gasteiger partial charge in [-0.15, -0.1) is 0 Å². The molecule has 2 heterocycles. The number of hydrogen-bond donors (Lipinski definition) is 0. The van der Waals surface area contributed by atoms with E-state index in [1.807, 2.05) is 0 Å². The molecule has 0 unspecified atom stereocenters. The largest absolute Gasteiger partial charge is 0.462 e. The molecule has 0 saturated carbocycles. The molecule has 2 aromatic carbocycles. The lowest BCUT2D eigenvalue weighted by Crippen LogP contribution is -2.33. The van der Waals surface area contributed by atoms with E-state index in [0.29, 0.717) is 27.5 Å². The molecule has 1 saturated heterocycles. The second-order valence-corrected chi connectivity index (χ2v) is 6.65. The predicted molar refractivity (Wildman–Crippen MR) is 101 cm³/mol. The number of rotatable bonds is 4. The molecular formula is C20H15ClN2O5. The molecular weight excluding hydrogens is 384 g/mol. The topological polar surface area (TPSA) is 85.3 Å². The van der Waals surface area contributed by atoms with E-state index in [4.69, 9.17) is 21.2 Å². The Morgan fingerprint density at radius 3 is 2.54 bits per heavy atom. The van der Waals surface area contributed by atoms with Crippen LogP contribution >= 0.6 is 11.6 Å². The summed E-state index contributed by atoms with van der Waals surface area (Å²) in [6, 6.07) is 13.0. The van der Waals surface area contributed by atoms with Crippen LogP contribution in [0.15, 0.2) is 53.7 Å². The van der Waals surface area contributed by atoms with Crippen LogP contribution in [0.1, 0.15) is 22.8 Å². The molecule has 7 nitrogen and oxygen atoms in total. The average molecular weight is 399 g/mol. The Bertz CT molecular complexity index is 1000. The van der Waals surface area contributed by atoms with E-state index >= 15 is 0 Å². The van der Waals surface area contributed by atoms with Crippen LogP contribution in [0.25, 0.3) is 0 Å². The highest BCUT2D eigenvalue weighted by Crippen LogP contribution is 2.36. The summed E-state index contributed by atoms with van der Waals surface area (Å²) in [6.07, 6.45) is -1.02. The van der Waals surface area contributed by atoms with Crippen molar-refractivity contribution in [2.45, 2.75) is 13.0 Å². The summed E-state index contributed by atoms with van der Waals surface area (Å²) >= 11 is 6.21. The molecule has 0 spiro atoms. The maximum atomic E-state index is 13.0. The molecule has 0 bridgehead atoms. The van der Waals surface area contributed by atoms with Crippen molar-refractivity contribution in [1.29, 1.82) is 0 Å². The molecule has 4 rings (SSSR count). The van der Waals surface area contributed by atoms with E-state index in [2.05, 4.69) is 5.16 Å². The minimum absolute atomic E-state index is 0.258. The third kappa shape index (κ3) is 2.84. The fourth-order valence-electron chi connectivity index (χ4n) is 3.28. The first-order chi connectivity index (χ1) is 13.5. The number of nitrogens with zero attached hydrogens (tertiary/aromatic N) is 2. The smallest absolute Gasteiger partial charge is 0.338 e. The first-order valence-corrected chi connectivity index (χ1v) is 9.04. The highest BCUT2D eigenvalue weighted by Gasteiger charge is 2.56. The monoisotopic (exact) mass is 398 g/mol. The summed E-state index contributed by atoms with van der Waals surface area (Å²) in [6.45, 7) is 1.97. The first-order valence-electron chi connectivity index (χ1n) is 8.66. The first kappa shape index (κ1) is 18.2. The van der Waals surface area contributed by atoms with E-state index in [-0.39, 0.29) is 6.61 Å². The van der Waals surface area contributed by atoms with Crippen LogP contribution in [0, 0.1) is 5.92 Å². The van der Waals surface area contributed by atoms with Crippen molar-refractivity contribution in [3.05, 3.63) is 64.7 Å². The fraction of sp³-hybridized carbons (Fsp3) is 0.200. The van der Waals surface area contributed by atoms with Crippen LogP contribution < -0.4 is 4.90 Å². The number of carbonyl (C=O) groups is 3. The molecule has 28 heavy (non-hydrogen) atoms. The Balaban J connectivity index is 1.63. The maximum Gasteiger partial charge on any atom is 0.338 e. The van der Waals surface area contributed by atoms with Crippen molar-refractivity contribution in [3.8, 4) is 0 Å². The van der Waals surface area contributed by atoms with Gasteiger partial charge in [0.1, 0.15) is 11.6 Å². The van der Waals surface area contributed by atoms with Crippen molar-refractivity contribution in [2.75, 3.05) is 11.5 Å². The standard InChI is InChI=1S/C20H15ClN2O5/c1-2-27-20(26)11-7-9-12(10-8-11)23-18(24)15-16(22-28-17(15)19(23)25)13-5-3-4-6-14(13)21/h3-10,15,17H,2H2,1H3/t15-,17+/m0/s1. The Hall–Kier alpha value is -3.19. The number of ether oxygens (including phenoxy) is 1. The van der Waals surface area contributed by atoms with Gasteiger partial charge in [-0.2, -0.15) is 0 Å². The second kappa shape index (κ2) is 7.09. The van der Waals surface area contributed by atoms with E-state index in [9.17, 15) is 14.4 Å². The van der Waals surface area contributed by atoms with E-state index < -0.39 is 29.8 Å². The predicted octanol–water partition coefficient (Wildman–Crippen LogP) is 2.81. The van der Waals surface area contributed by atoms with Crippen molar-refractivity contribution < 1.29 is 24.0 Å². The Morgan fingerprint density at radius 2 is 1.86 bits per heavy atom. The molecule has 0 aromatic heterocycles. The summed E-state index contributed by atoms with van der Waals surface area (Å²) in [5.74, 6) is -2.29. The molecule has 142 valence electrons. The van der Waals surface area contributed by atoms with Gasteiger partial charge in [0.15, 0.2) is 0 Å². The molecule has 0 N–H and O–H groups in total. The van der Waals surface area contributed by atoms with Crippen LogP contribution in [-0.2, 0) is 19.2 Å². The average Bonchev–Trinajstić information content (AvgIpc) is 3.23. The number of fused-ring (bicyclic) bond motifs is 1. The maximum absolute atomic E-state index is 13.0. The molecule has 2 atom stereocenters. The van der Waals surface area contributed by atoms with Crippen LogP contribution in [0.2, 0.25) is 5.02 Å². The lowest BCUT2D eigenvalue weighted by molar-refractivity contribution is -0.126. The highest BCUT2D eigenvalue weighted by atomic mass is 35.5. The zero-order valence-corrected chi connectivity index (χ0v) is 15.6. The number of oxime groups is 1. The van der Waals surface area contributed by atoms with Gasteiger partial charge in [-0.25, -0.2) is 9.69 Å². The van der Waals surface area contributed by atoms with Crippen LogP contribution in [0.3, 0.4) is 0 Å². The minimum atomic E-state index is -1.02. The number of amides is 2. The van der Waals surface area contributed by atoms with Gasteiger partial charge in [0.2, 0.25) is 12.0 Å². The summed E-state index contributed by atoms with van der Waals surface area (Å²) in [5.41, 5.74) is 1.57. The number of esters is 1. The van der Waals surface area contributed by atoms with Gasteiger partial charge in [-0.05, 0) is 37.3 Å². The molecule has 2 aliphatic heterocycles. The Labute approximate surface area is 165 Å². The zero-order valence-electron chi connectivity index (χ0n) is 14.8. The van der Waals surface area contributed by atoms with Crippen LogP contribution in [0.4, 0.5) is 5.69 Å². The third-order valence-electron chi connectivity index (χ3n) is 4.60. The third-order valence-corrected chi connectivity index (χ3v) is 4.93. The molecule has 8 heteroatoms. The second-order valence-electron chi connectivity index (χ2n) is 6.24. The van der Waals surface area contributed by atoms with Crippen LogP contribution in [-0.4, -0.2) is 36.2 Å². The Morgan fingerprint density at radius 1 is 1.14 bits per heavy atom. The van der Waals surface area contributed by atoms with Gasteiger partial charge in [-0.3, -0.25) is 9.59 Å². The summed E-state index contributed by atoms with van der Waals surface area (Å²) < 4.78 is 4.94. The van der Waals surface area contributed by atoms with Gasteiger partial charge < -0.3 is 9.57 Å². The highest BCUT2D eigenvalue weighted by molar-refractivity contribution is 6.38. The number of carbonyl (C=O) groups excluding carboxylic acids is 3. The molecule has 2 amide bonds. The van der Waals surface area contributed by atoms with Crippen LogP contribution in [0.5, 0.6) is 0 Å². The zero-order chi connectivity index (χ0) is 19.8.